The Hall–Kier alpha value is -0.160. The van der Waals surface area contributed by atoms with Gasteiger partial charge in [0.15, 0.2) is 3.92 Å². The Balaban J connectivity index is 2.14. The Labute approximate surface area is 96.7 Å². The summed E-state index contributed by atoms with van der Waals surface area (Å²) in [4.78, 5) is 2.38. The fraction of sp³-hybridized carbons (Fsp3) is 0.778. The van der Waals surface area contributed by atoms with Crippen LogP contribution in [-0.4, -0.2) is 22.8 Å². The van der Waals surface area contributed by atoms with Gasteiger partial charge in [0.25, 0.3) is 0 Å². The van der Waals surface area contributed by atoms with Crippen molar-refractivity contribution in [2.24, 2.45) is 0 Å². The molecule has 14 heavy (non-hydrogen) atoms. The fourth-order valence-corrected chi connectivity index (χ4v) is 3.09. The van der Waals surface area contributed by atoms with Gasteiger partial charge in [0.2, 0.25) is 5.13 Å². The van der Waals surface area contributed by atoms with Gasteiger partial charge in [0.1, 0.15) is 0 Å². The summed E-state index contributed by atoms with van der Waals surface area (Å²) in [5.74, 6) is 0. The summed E-state index contributed by atoms with van der Waals surface area (Å²) < 4.78 is 0.879. The summed E-state index contributed by atoms with van der Waals surface area (Å²) >= 11 is 4.98. The molecule has 1 atom stereocenters. The van der Waals surface area contributed by atoms with Crippen LogP contribution in [0.15, 0.2) is 3.92 Å². The molecule has 0 spiro atoms. The lowest BCUT2D eigenvalue weighted by atomic mass is 10.1. The zero-order chi connectivity index (χ0) is 9.97. The number of anilines is 1. The molecule has 1 unspecified atom stereocenters. The maximum absolute atomic E-state index is 4.18. The van der Waals surface area contributed by atoms with Crippen LogP contribution in [0.1, 0.15) is 32.6 Å². The number of nitrogens with zero attached hydrogens (tertiary/aromatic N) is 3. The van der Waals surface area contributed by atoms with E-state index in [-0.39, 0.29) is 0 Å². The summed E-state index contributed by atoms with van der Waals surface area (Å²) in [7, 11) is 0. The third-order valence-electron chi connectivity index (χ3n) is 2.69. The predicted octanol–water partition coefficient (Wildman–Crippen LogP) is 3.07. The van der Waals surface area contributed by atoms with Crippen LogP contribution in [0.25, 0.3) is 0 Å². The molecule has 0 radical (unpaired) electrons. The van der Waals surface area contributed by atoms with Crippen molar-refractivity contribution in [2.75, 3.05) is 11.4 Å². The van der Waals surface area contributed by atoms with Crippen molar-refractivity contribution in [1.82, 2.24) is 10.2 Å². The van der Waals surface area contributed by atoms with Crippen molar-refractivity contribution in [3.05, 3.63) is 3.92 Å². The number of aromatic nitrogens is 2. The van der Waals surface area contributed by atoms with Crippen molar-refractivity contribution < 1.29 is 0 Å². The normalized spacial score (nSPS) is 23.6. The first kappa shape index (κ1) is 10.4. The van der Waals surface area contributed by atoms with Crippen LogP contribution in [0, 0.1) is 0 Å². The molecule has 0 aromatic carbocycles. The van der Waals surface area contributed by atoms with E-state index < -0.39 is 0 Å². The first-order chi connectivity index (χ1) is 6.77. The molecule has 0 amide bonds. The minimum Gasteiger partial charge on any atom is -0.344 e. The lowest BCUT2D eigenvalue weighted by Crippen LogP contribution is -2.32. The van der Waals surface area contributed by atoms with Gasteiger partial charge >= 0.3 is 0 Å². The molecule has 78 valence electrons. The van der Waals surface area contributed by atoms with Gasteiger partial charge < -0.3 is 4.90 Å². The summed E-state index contributed by atoms with van der Waals surface area (Å²) in [5.41, 5.74) is 0. The van der Waals surface area contributed by atoms with Crippen molar-refractivity contribution in [3.8, 4) is 0 Å². The second kappa shape index (κ2) is 4.57. The Morgan fingerprint density at radius 3 is 2.93 bits per heavy atom. The molecular formula is C9H14BrN3S. The summed E-state index contributed by atoms with van der Waals surface area (Å²) in [6.07, 6.45) is 5.25. The standard InChI is InChI=1S/C9H14BrN3S/c1-7-5-3-2-4-6-13(7)9-12-11-8(10)14-9/h7H,2-6H2,1H3. The maximum atomic E-state index is 4.18. The minimum atomic E-state index is 0.609. The quantitative estimate of drug-likeness (QED) is 0.789. The zero-order valence-electron chi connectivity index (χ0n) is 8.24. The molecule has 0 bridgehead atoms. The third kappa shape index (κ3) is 2.25. The van der Waals surface area contributed by atoms with Gasteiger partial charge in [-0.1, -0.05) is 24.2 Å². The second-order valence-corrected chi connectivity index (χ2v) is 5.96. The average molecular weight is 276 g/mol. The molecular weight excluding hydrogens is 262 g/mol. The number of rotatable bonds is 1. The Morgan fingerprint density at radius 1 is 1.36 bits per heavy atom. The lowest BCUT2D eigenvalue weighted by Gasteiger charge is -2.25. The van der Waals surface area contributed by atoms with E-state index in [4.69, 9.17) is 0 Å². The van der Waals surface area contributed by atoms with E-state index in [1.54, 1.807) is 11.3 Å². The molecule has 1 aliphatic heterocycles. The van der Waals surface area contributed by atoms with Gasteiger partial charge in [-0.3, -0.25) is 0 Å². The first-order valence-electron chi connectivity index (χ1n) is 5.03. The predicted molar refractivity (Wildman–Crippen MR) is 62.9 cm³/mol. The highest BCUT2D eigenvalue weighted by Crippen LogP contribution is 2.28. The largest absolute Gasteiger partial charge is 0.344 e. The maximum Gasteiger partial charge on any atom is 0.209 e. The van der Waals surface area contributed by atoms with Crippen molar-refractivity contribution in [2.45, 2.75) is 38.6 Å². The number of hydrogen-bond acceptors (Lipinski definition) is 4. The van der Waals surface area contributed by atoms with E-state index in [1.807, 2.05) is 0 Å². The number of halogens is 1. The van der Waals surface area contributed by atoms with E-state index in [0.717, 1.165) is 15.6 Å². The van der Waals surface area contributed by atoms with Crippen LogP contribution in [0.3, 0.4) is 0 Å². The Bertz CT molecular complexity index is 302. The lowest BCUT2D eigenvalue weighted by molar-refractivity contribution is 0.613. The molecule has 0 saturated carbocycles. The van der Waals surface area contributed by atoms with Gasteiger partial charge in [-0.15, -0.1) is 10.2 Å². The van der Waals surface area contributed by atoms with E-state index >= 15 is 0 Å². The van der Waals surface area contributed by atoms with E-state index in [0.29, 0.717) is 6.04 Å². The molecule has 1 fully saturated rings. The molecule has 5 heteroatoms. The molecule has 3 nitrogen and oxygen atoms in total. The van der Waals surface area contributed by atoms with Gasteiger partial charge in [-0.2, -0.15) is 0 Å². The van der Waals surface area contributed by atoms with Gasteiger partial charge in [0.05, 0.1) is 0 Å². The highest BCUT2D eigenvalue weighted by Gasteiger charge is 2.20. The monoisotopic (exact) mass is 275 g/mol. The summed E-state index contributed by atoms with van der Waals surface area (Å²) in [5, 5.41) is 9.24. The van der Waals surface area contributed by atoms with Crippen molar-refractivity contribution >= 4 is 32.4 Å². The van der Waals surface area contributed by atoms with E-state index in [2.05, 4.69) is 38.0 Å². The Kier molecular flexibility index (Phi) is 3.38. The number of hydrogen-bond donors (Lipinski definition) is 0. The van der Waals surface area contributed by atoms with Crippen molar-refractivity contribution in [3.63, 3.8) is 0 Å². The van der Waals surface area contributed by atoms with Crippen LogP contribution in [0.4, 0.5) is 5.13 Å². The SMILES string of the molecule is CC1CCCCCN1c1nnc(Br)s1. The molecule has 2 rings (SSSR count). The smallest absolute Gasteiger partial charge is 0.209 e. The summed E-state index contributed by atoms with van der Waals surface area (Å²) in [6, 6.07) is 0.609. The van der Waals surface area contributed by atoms with Gasteiger partial charge in [-0.25, -0.2) is 0 Å². The van der Waals surface area contributed by atoms with Gasteiger partial charge in [0, 0.05) is 12.6 Å². The zero-order valence-corrected chi connectivity index (χ0v) is 10.6. The topological polar surface area (TPSA) is 29.0 Å². The minimum absolute atomic E-state index is 0.609. The van der Waals surface area contributed by atoms with Crippen LogP contribution in [0.2, 0.25) is 0 Å². The molecule has 1 saturated heterocycles. The van der Waals surface area contributed by atoms with Gasteiger partial charge in [-0.05, 0) is 35.7 Å². The molecule has 1 aromatic heterocycles. The molecule has 1 aromatic rings. The van der Waals surface area contributed by atoms with E-state index in [9.17, 15) is 0 Å². The third-order valence-corrected chi connectivity index (χ3v) is 4.08. The Morgan fingerprint density at radius 2 is 2.21 bits per heavy atom. The molecule has 2 heterocycles. The van der Waals surface area contributed by atoms with Crippen LogP contribution < -0.4 is 4.90 Å². The highest BCUT2D eigenvalue weighted by molar-refractivity contribution is 9.11. The van der Waals surface area contributed by atoms with Crippen LogP contribution >= 0.6 is 27.3 Å². The highest BCUT2D eigenvalue weighted by atomic mass is 79.9. The van der Waals surface area contributed by atoms with Crippen LogP contribution in [0.5, 0.6) is 0 Å². The van der Waals surface area contributed by atoms with Crippen molar-refractivity contribution in [1.29, 1.82) is 0 Å². The summed E-state index contributed by atoms with van der Waals surface area (Å²) in [6.45, 7) is 3.41. The second-order valence-electron chi connectivity index (χ2n) is 3.73. The fourth-order valence-electron chi connectivity index (χ4n) is 1.87. The van der Waals surface area contributed by atoms with E-state index in [1.165, 1.54) is 25.7 Å². The first-order valence-corrected chi connectivity index (χ1v) is 6.64. The average Bonchev–Trinajstić information content (AvgIpc) is 2.46. The molecule has 0 aliphatic carbocycles. The molecule has 0 N–H and O–H groups in total. The molecule has 1 aliphatic rings. The van der Waals surface area contributed by atoms with Crippen LogP contribution in [-0.2, 0) is 0 Å².